The van der Waals surface area contributed by atoms with E-state index in [1.165, 1.54) is 0 Å². The zero-order chi connectivity index (χ0) is 16.2. The first kappa shape index (κ1) is 15.8. The zero-order valence-corrected chi connectivity index (χ0v) is 13.6. The van der Waals surface area contributed by atoms with Crippen molar-refractivity contribution in [3.05, 3.63) is 29.8 Å². The van der Waals surface area contributed by atoms with Crippen molar-refractivity contribution in [2.24, 2.45) is 5.92 Å². The van der Waals surface area contributed by atoms with Crippen molar-refractivity contribution in [2.75, 3.05) is 19.7 Å². The number of hydrogen-bond donors (Lipinski definition) is 1. The maximum atomic E-state index is 12.3. The Morgan fingerprint density at radius 1 is 1.35 bits per heavy atom. The molecule has 1 heterocycles. The predicted molar refractivity (Wildman–Crippen MR) is 87.2 cm³/mol. The van der Waals surface area contributed by atoms with Gasteiger partial charge in [0.1, 0.15) is 5.75 Å². The molecule has 2 aliphatic rings. The van der Waals surface area contributed by atoms with E-state index in [1.54, 1.807) is 0 Å². The summed E-state index contributed by atoms with van der Waals surface area (Å²) in [6, 6.07) is 8.29. The van der Waals surface area contributed by atoms with E-state index in [2.05, 4.69) is 5.32 Å². The Kier molecular flexibility index (Phi) is 4.84. The minimum absolute atomic E-state index is 0.00427. The molecule has 5 nitrogen and oxygen atoms in total. The Morgan fingerprint density at radius 2 is 2.13 bits per heavy atom. The van der Waals surface area contributed by atoms with E-state index in [9.17, 15) is 9.59 Å². The number of carbonyl (C=O) groups excluding carboxylic acids is 2. The summed E-state index contributed by atoms with van der Waals surface area (Å²) in [5, 5.41) is 2.97. The molecular weight excluding hydrogens is 292 g/mol. The van der Waals surface area contributed by atoms with Crippen LogP contribution in [0.25, 0.3) is 0 Å². The van der Waals surface area contributed by atoms with Crippen molar-refractivity contribution in [3.8, 4) is 5.75 Å². The number of likely N-dealkylation sites (tertiary alicyclic amines) is 1. The van der Waals surface area contributed by atoms with Gasteiger partial charge in [0, 0.05) is 25.6 Å². The second-order valence-electron chi connectivity index (χ2n) is 6.26. The second-order valence-corrected chi connectivity index (χ2v) is 6.26. The summed E-state index contributed by atoms with van der Waals surface area (Å²) in [6.07, 6.45) is 3.27. The van der Waals surface area contributed by atoms with E-state index in [-0.39, 0.29) is 17.7 Å². The Labute approximate surface area is 137 Å². The van der Waals surface area contributed by atoms with Gasteiger partial charge in [-0.3, -0.25) is 9.59 Å². The third-order valence-corrected chi connectivity index (χ3v) is 4.48. The van der Waals surface area contributed by atoms with Gasteiger partial charge in [0.2, 0.25) is 11.8 Å². The molecule has 23 heavy (non-hydrogen) atoms. The molecule has 0 radical (unpaired) electrons. The lowest BCUT2D eigenvalue weighted by Crippen LogP contribution is -2.34. The second kappa shape index (κ2) is 7.02. The summed E-state index contributed by atoms with van der Waals surface area (Å²) >= 11 is 0. The van der Waals surface area contributed by atoms with Crippen molar-refractivity contribution >= 4 is 11.8 Å². The van der Waals surface area contributed by atoms with Gasteiger partial charge in [0.15, 0.2) is 0 Å². The van der Waals surface area contributed by atoms with Crippen LogP contribution in [0.5, 0.6) is 5.75 Å². The average Bonchev–Trinajstić information content (AvgIpc) is 3.31. The van der Waals surface area contributed by atoms with E-state index >= 15 is 0 Å². The fourth-order valence-corrected chi connectivity index (χ4v) is 3.12. The molecule has 1 unspecified atom stereocenters. The van der Waals surface area contributed by atoms with Crippen LogP contribution in [-0.2, 0) is 16.0 Å². The number of ether oxygens (including phenoxy) is 1. The summed E-state index contributed by atoms with van der Waals surface area (Å²) in [6.45, 7) is 3.74. The molecule has 0 bridgehead atoms. The van der Waals surface area contributed by atoms with Crippen LogP contribution in [0.1, 0.15) is 31.7 Å². The van der Waals surface area contributed by atoms with Crippen LogP contribution in [0.15, 0.2) is 24.3 Å². The van der Waals surface area contributed by atoms with Crippen LogP contribution in [0.3, 0.4) is 0 Å². The number of amides is 2. The van der Waals surface area contributed by atoms with Crippen molar-refractivity contribution < 1.29 is 14.3 Å². The standard InChI is InChI=1S/C18H24N2O3/c1-2-23-16-6-4-3-5-13(16)9-10-19-18(22)14-11-17(21)20(12-14)15-7-8-15/h3-6,14-15H,2,7-12H2,1H3,(H,19,22). The Balaban J connectivity index is 1.47. The number of hydrogen-bond acceptors (Lipinski definition) is 3. The summed E-state index contributed by atoms with van der Waals surface area (Å²) in [5.74, 6) is 0.815. The molecule has 1 aromatic rings. The topological polar surface area (TPSA) is 58.6 Å². The van der Waals surface area contributed by atoms with Crippen molar-refractivity contribution in [1.29, 1.82) is 0 Å². The minimum atomic E-state index is -0.190. The molecule has 124 valence electrons. The Hall–Kier alpha value is -2.04. The molecule has 1 aliphatic heterocycles. The van der Waals surface area contributed by atoms with Gasteiger partial charge in [-0.1, -0.05) is 18.2 Å². The number of nitrogens with one attached hydrogen (secondary N) is 1. The number of rotatable bonds is 7. The molecule has 2 fully saturated rings. The highest BCUT2D eigenvalue weighted by Crippen LogP contribution is 2.32. The van der Waals surface area contributed by atoms with Crippen molar-refractivity contribution in [3.63, 3.8) is 0 Å². The van der Waals surface area contributed by atoms with E-state index in [1.807, 2.05) is 36.1 Å². The van der Waals surface area contributed by atoms with E-state index in [0.29, 0.717) is 32.2 Å². The fraction of sp³-hybridized carbons (Fsp3) is 0.556. The number of benzene rings is 1. The highest BCUT2D eigenvalue weighted by Gasteiger charge is 2.41. The quantitative estimate of drug-likeness (QED) is 0.834. The smallest absolute Gasteiger partial charge is 0.225 e. The third kappa shape index (κ3) is 3.84. The van der Waals surface area contributed by atoms with Crippen LogP contribution in [0.4, 0.5) is 0 Å². The summed E-state index contributed by atoms with van der Waals surface area (Å²) in [5.41, 5.74) is 1.09. The molecule has 0 spiro atoms. The molecule has 1 aromatic carbocycles. The number of para-hydroxylation sites is 1. The molecule has 3 rings (SSSR count). The molecule has 5 heteroatoms. The predicted octanol–water partition coefficient (Wildman–Crippen LogP) is 1.75. The lowest BCUT2D eigenvalue weighted by atomic mass is 10.1. The minimum Gasteiger partial charge on any atom is -0.494 e. The fourth-order valence-electron chi connectivity index (χ4n) is 3.12. The van der Waals surface area contributed by atoms with Crippen LogP contribution in [-0.4, -0.2) is 42.5 Å². The maximum absolute atomic E-state index is 12.3. The lowest BCUT2D eigenvalue weighted by Gasteiger charge is -2.15. The molecule has 1 saturated heterocycles. The monoisotopic (exact) mass is 316 g/mol. The molecule has 1 atom stereocenters. The zero-order valence-electron chi connectivity index (χ0n) is 13.6. The average molecular weight is 316 g/mol. The van der Waals surface area contributed by atoms with Gasteiger partial charge in [-0.25, -0.2) is 0 Å². The highest BCUT2D eigenvalue weighted by molar-refractivity contribution is 5.89. The number of carbonyl (C=O) groups is 2. The normalized spacial score (nSPS) is 20.7. The Bertz CT molecular complexity index is 583. The van der Waals surface area contributed by atoms with Crippen molar-refractivity contribution in [1.82, 2.24) is 10.2 Å². The molecule has 2 amide bonds. The first-order chi connectivity index (χ1) is 11.2. The van der Waals surface area contributed by atoms with Gasteiger partial charge in [-0.2, -0.15) is 0 Å². The van der Waals surface area contributed by atoms with Crippen LogP contribution in [0, 0.1) is 5.92 Å². The molecular formula is C18H24N2O3. The summed E-state index contributed by atoms with van der Waals surface area (Å²) in [7, 11) is 0. The van der Waals surface area contributed by atoms with Gasteiger partial charge < -0.3 is 15.0 Å². The summed E-state index contributed by atoms with van der Waals surface area (Å²) in [4.78, 5) is 26.1. The van der Waals surface area contributed by atoms with Gasteiger partial charge in [-0.05, 0) is 37.8 Å². The number of nitrogens with zero attached hydrogens (tertiary/aromatic N) is 1. The van der Waals surface area contributed by atoms with Gasteiger partial charge in [0.25, 0.3) is 0 Å². The Morgan fingerprint density at radius 3 is 2.87 bits per heavy atom. The van der Waals surface area contributed by atoms with Crippen LogP contribution in [0.2, 0.25) is 0 Å². The van der Waals surface area contributed by atoms with Crippen LogP contribution >= 0.6 is 0 Å². The largest absolute Gasteiger partial charge is 0.494 e. The van der Waals surface area contributed by atoms with Crippen molar-refractivity contribution in [2.45, 2.75) is 38.6 Å². The van der Waals surface area contributed by atoms with E-state index in [4.69, 9.17) is 4.74 Å². The maximum Gasteiger partial charge on any atom is 0.225 e. The van der Waals surface area contributed by atoms with Gasteiger partial charge in [-0.15, -0.1) is 0 Å². The van der Waals surface area contributed by atoms with E-state index in [0.717, 1.165) is 30.6 Å². The molecule has 1 N–H and O–H groups in total. The first-order valence-electron chi connectivity index (χ1n) is 8.47. The third-order valence-electron chi connectivity index (χ3n) is 4.48. The van der Waals surface area contributed by atoms with Crippen LogP contribution < -0.4 is 10.1 Å². The van der Waals surface area contributed by atoms with Gasteiger partial charge >= 0.3 is 0 Å². The lowest BCUT2D eigenvalue weighted by molar-refractivity contribution is -0.129. The molecule has 0 aromatic heterocycles. The SMILES string of the molecule is CCOc1ccccc1CCNC(=O)C1CC(=O)N(C2CC2)C1. The highest BCUT2D eigenvalue weighted by atomic mass is 16.5. The molecule has 1 aliphatic carbocycles. The van der Waals surface area contributed by atoms with Gasteiger partial charge in [0.05, 0.1) is 12.5 Å². The summed E-state index contributed by atoms with van der Waals surface area (Å²) < 4.78 is 5.59. The molecule has 1 saturated carbocycles. The first-order valence-corrected chi connectivity index (χ1v) is 8.47. The van der Waals surface area contributed by atoms with E-state index < -0.39 is 0 Å².